The van der Waals surface area contributed by atoms with Gasteiger partial charge in [-0.2, -0.15) is 0 Å². The minimum Gasteiger partial charge on any atom is -0.294 e. The topological polar surface area (TPSA) is 17.1 Å². The summed E-state index contributed by atoms with van der Waals surface area (Å²) in [6, 6.07) is 12.3. The molecule has 0 heterocycles. The predicted molar refractivity (Wildman–Crippen MR) is 73.1 cm³/mol. The summed E-state index contributed by atoms with van der Waals surface area (Å²) < 4.78 is 13.1. The molecule has 0 fully saturated rings. The van der Waals surface area contributed by atoms with E-state index in [2.05, 4.69) is 12.1 Å². The van der Waals surface area contributed by atoms with Crippen molar-refractivity contribution < 1.29 is 9.18 Å². The second kappa shape index (κ2) is 4.78. The summed E-state index contributed by atoms with van der Waals surface area (Å²) in [5, 5.41) is 0.00126. The highest BCUT2D eigenvalue weighted by molar-refractivity contribution is 6.31. The number of hydrogen-bond donors (Lipinski definition) is 0. The highest BCUT2D eigenvalue weighted by Gasteiger charge is 2.28. The highest BCUT2D eigenvalue weighted by Crippen LogP contribution is 2.29. The average Bonchev–Trinajstić information content (AvgIpc) is 2.85. The molecule has 1 nitrogen and oxygen atoms in total. The van der Waals surface area contributed by atoms with Gasteiger partial charge in [0.15, 0.2) is 5.78 Å². The van der Waals surface area contributed by atoms with E-state index in [-0.39, 0.29) is 16.7 Å². The molecule has 0 atom stereocenters. The first-order chi connectivity index (χ1) is 9.15. The lowest BCUT2D eigenvalue weighted by Crippen LogP contribution is -2.15. The van der Waals surface area contributed by atoms with E-state index >= 15 is 0 Å². The monoisotopic (exact) mass is 274 g/mol. The van der Waals surface area contributed by atoms with Crippen LogP contribution in [0.15, 0.2) is 42.5 Å². The Kier molecular flexibility index (Phi) is 3.11. The molecular weight excluding hydrogens is 263 g/mol. The van der Waals surface area contributed by atoms with E-state index in [1.165, 1.54) is 29.3 Å². The molecule has 19 heavy (non-hydrogen) atoms. The van der Waals surface area contributed by atoms with Gasteiger partial charge >= 0.3 is 0 Å². The van der Waals surface area contributed by atoms with Gasteiger partial charge in [0.05, 0.1) is 5.02 Å². The zero-order chi connectivity index (χ0) is 13.4. The van der Waals surface area contributed by atoms with Crippen molar-refractivity contribution in [3.63, 3.8) is 0 Å². The lowest BCUT2D eigenvalue weighted by atomic mass is 9.95. The van der Waals surface area contributed by atoms with E-state index in [0.29, 0.717) is 5.56 Å². The number of carbonyl (C=O) groups excluding carboxylic acids is 1. The third-order valence-corrected chi connectivity index (χ3v) is 3.92. The van der Waals surface area contributed by atoms with E-state index in [9.17, 15) is 9.18 Å². The Morgan fingerprint density at radius 2 is 1.74 bits per heavy atom. The van der Waals surface area contributed by atoms with Crippen molar-refractivity contribution in [3.8, 4) is 0 Å². The molecule has 96 valence electrons. The fourth-order valence-corrected chi connectivity index (χ4v) is 2.81. The van der Waals surface area contributed by atoms with Crippen LogP contribution in [0.4, 0.5) is 4.39 Å². The van der Waals surface area contributed by atoms with Crippen LogP contribution in [0.25, 0.3) is 0 Å². The quantitative estimate of drug-likeness (QED) is 0.754. The number of ketones is 1. The molecule has 0 amide bonds. The van der Waals surface area contributed by atoms with Gasteiger partial charge in [-0.15, -0.1) is 0 Å². The van der Waals surface area contributed by atoms with Gasteiger partial charge in [0.25, 0.3) is 0 Å². The summed E-state index contributed by atoms with van der Waals surface area (Å²) in [5.74, 6) is -0.509. The van der Waals surface area contributed by atoms with Crippen LogP contribution in [0.2, 0.25) is 5.02 Å². The van der Waals surface area contributed by atoms with Gasteiger partial charge in [0, 0.05) is 11.5 Å². The van der Waals surface area contributed by atoms with Gasteiger partial charge < -0.3 is 0 Å². The van der Waals surface area contributed by atoms with Crippen LogP contribution in [-0.2, 0) is 12.8 Å². The third-order valence-electron chi connectivity index (χ3n) is 3.63. The molecule has 1 aliphatic rings. The largest absolute Gasteiger partial charge is 0.294 e. The Balaban J connectivity index is 1.85. The summed E-state index contributed by atoms with van der Waals surface area (Å²) in [7, 11) is 0. The van der Waals surface area contributed by atoms with Gasteiger partial charge in [-0.1, -0.05) is 35.9 Å². The standard InChI is InChI=1S/C16H12ClFO/c17-14-9-12(5-6-15(14)18)16(19)13-7-10-3-1-2-4-11(10)8-13/h1-6,9,13H,7-8H2. The minimum absolute atomic E-state index is 0.00126. The Morgan fingerprint density at radius 3 is 2.32 bits per heavy atom. The molecule has 0 unspecified atom stereocenters. The maximum Gasteiger partial charge on any atom is 0.166 e. The van der Waals surface area contributed by atoms with Crippen LogP contribution < -0.4 is 0 Å². The molecule has 1 aliphatic carbocycles. The van der Waals surface area contributed by atoms with Crippen LogP contribution >= 0.6 is 11.6 Å². The average molecular weight is 275 g/mol. The maximum atomic E-state index is 13.1. The van der Waals surface area contributed by atoms with E-state index in [0.717, 1.165) is 12.8 Å². The fourth-order valence-electron chi connectivity index (χ4n) is 2.63. The van der Waals surface area contributed by atoms with E-state index < -0.39 is 5.82 Å². The van der Waals surface area contributed by atoms with Crippen LogP contribution in [0.5, 0.6) is 0 Å². The molecule has 0 aliphatic heterocycles. The van der Waals surface area contributed by atoms with Crippen molar-refractivity contribution in [2.24, 2.45) is 5.92 Å². The van der Waals surface area contributed by atoms with Gasteiger partial charge in [0.1, 0.15) is 5.82 Å². The first kappa shape index (κ1) is 12.4. The van der Waals surface area contributed by atoms with Crippen LogP contribution in [-0.4, -0.2) is 5.78 Å². The number of Topliss-reactive ketones (excluding diaryl/α,β-unsaturated/α-hetero) is 1. The number of halogens is 2. The second-order valence-corrected chi connectivity index (χ2v) is 5.27. The van der Waals surface area contributed by atoms with Crippen molar-refractivity contribution in [3.05, 3.63) is 70.0 Å². The summed E-state index contributed by atoms with van der Waals surface area (Å²) in [6.45, 7) is 0. The van der Waals surface area contributed by atoms with Crippen molar-refractivity contribution >= 4 is 17.4 Å². The van der Waals surface area contributed by atoms with Crippen molar-refractivity contribution in [2.45, 2.75) is 12.8 Å². The molecule has 0 bridgehead atoms. The summed E-state index contributed by atoms with van der Waals surface area (Å²) in [4.78, 5) is 12.4. The molecule has 0 saturated carbocycles. The minimum atomic E-state index is -0.493. The molecule has 2 aromatic carbocycles. The van der Waals surface area contributed by atoms with Crippen molar-refractivity contribution in [2.75, 3.05) is 0 Å². The van der Waals surface area contributed by atoms with E-state index in [1.54, 1.807) is 0 Å². The number of hydrogen-bond acceptors (Lipinski definition) is 1. The molecule has 2 aromatic rings. The number of carbonyl (C=O) groups is 1. The second-order valence-electron chi connectivity index (χ2n) is 4.87. The Morgan fingerprint density at radius 1 is 1.11 bits per heavy atom. The molecule has 0 saturated heterocycles. The van der Waals surface area contributed by atoms with Gasteiger partial charge in [-0.05, 0) is 42.2 Å². The summed E-state index contributed by atoms with van der Waals surface area (Å²) in [6.07, 6.45) is 1.51. The first-order valence-corrected chi connectivity index (χ1v) is 6.59. The zero-order valence-electron chi connectivity index (χ0n) is 10.2. The molecule has 3 rings (SSSR count). The normalized spacial score (nSPS) is 14.4. The Bertz CT molecular complexity index is 626. The summed E-state index contributed by atoms with van der Waals surface area (Å²) in [5.41, 5.74) is 2.95. The Hall–Kier alpha value is -1.67. The van der Waals surface area contributed by atoms with E-state index in [4.69, 9.17) is 11.6 Å². The molecule has 0 spiro atoms. The van der Waals surface area contributed by atoms with Gasteiger partial charge in [-0.25, -0.2) is 4.39 Å². The van der Waals surface area contributed by atoms with Gasteiger partial charge in [-0.3, -0.25) is 4.79 Å². The van der Waals surface area contributed by atoms with Crippen LogP contribution in [0.3, 0.4) is 0 Å². The maximum absolute atomic E-state index is 13.1. The summed E-state index contributed by atoms with van der Waals surface area (Å²) >= 11 is 5.73. The van der Waals surface area contributed by atoms with E-state index in [1.807, 2.05) is 12.1 Å². The smallest absolute Gasteiger partial charge is 0.166 e. The third kappa shape index (κ3) is 2.28. The molecule has 3 heteroatoms. The SMILES string of the molecule is O=C(c1ccc(F)c(Cl)c1)C1Cc2ccccc2C1. The lowest BCUT2D eigenvalue weighted by molar-refractivity contribution is 0.0924. The zero-order valence-corrected chi connectivity index (χ0v) is 11.0. The van der Waals surface area contributed by atoms with Crippen molar-refractivity contribution in [1.29, 1.82) is 0 Å². The fraction of sp³-hybridized carbons (Fsp3) is 0.188. The highest BCUT2D eigenvalue weighted by atomic mass is 35.5. The molecular formula is C16H12ClFO. The molecule has 0 aromatic heterocycles. The van der Waals surface area contributed by atoms with Crippen LogP contribution in [0.1, 0.15) is 21.5 Å². The Labute approximate surface area is 116 Å². The predicted octanol–water partition coefficient (Wildman–Crippen LogP) is 4.08. The van der Waals surface area contributed by atoms with Crippen molar-refractivity contribution in [1.82, 2.24) is 0 Å². The van der Waals surface area contributed by atoms with Crippen LogP contribution in [0, 0.1) is 11.7 Å². The first-order valence-electron chi connectivity index (χ1n) is 6.21. The number of benzene rings is 2. The molecule has 0 N–H and O–H groups in total. The van der Waals surface area contributed by atoms with Gasteiger partial charge in [0.2, 0.25) is 0 Å². The lowest BCUT2D eigenvalue weighted by Gasteiger charge is -2.08. The molecule has 0 radical (unpaired) electrons. The number of rotatable bonds is 2. The number of fused-ring (bicyclic) bond motifs is 1.